The number of alkyl halides is 3. The number of carboxylic acid groups (broad SMARTS) is 1. The Labute approximate surface area is 230 Å². The van der Waals surface area contributed by atoms with E-state index in [0.717, 1.165) is 19.1 Å². The molecule has 2 aliphatic rings. The molecule has 1 heterocycles. The summed E-state index contributed by atoms with van der Waals surface area (Å²) in [5, 5.41) is 13.0. The monoisotopic (exact) mass is 580 g/mol. The van der Waals surface area contributed by atoms with Gasteiger partial charge in [0.15, 0.2) is 0 Å². The van der Waals surface area contributed by atoms with Gasteiger partial charge in [-0.3, -0.25) is 14.4 Å². The lowest BCUT2D eigenvalue weighted by atomic mass is 9.94. The van der Waals surface area contributed by atoms with Crippen molar-refractivity contribution in [2.24, 2.45) is 0 Å². The molecular weight excluding hydrogens is 556 g/mol. The Bertz CT molecular complexity index is 1400. The van der Waals surface area contributed by atoms with Gasteiger partial charge < -0.3 is 25.4 Å². The molecular formula is C26H24F4N4O7. The van der Waals surface area contributed by atoms with Crippen LogP contribution in [0, 0.1) is 5.82 Å². The molecule has 15 heteroatoms. The van der Waals surface area contributed by atoms with Crippen LogP contribution in [0.25, 0.3) is 0 Å². The number of fused-ring (bicyclic) bond motifs is 2. The molecule has 0 saturated carbocycles. The van der Waals surface area contributed by atoms with Crippen molar-refractivity contribution in [3.63, 3.8) is 0 Å². The van der Waals surface area contributed by atoms with E-state index < -0.39 is 73.2 Å². The van der Waals surface area contributed by atoms with Crippen LogP contribution >= 0.6 is 0 Å². The normalized spacial score (nSPS) is 18.6. The number of benzene rings is 2. The standard InChI is InChI=1S/C26H24F4N4O7/c1-14(26(28,29)30)33(12-15-2-4-17(27)5-3-15)21(36)13-34-22(37)25(41-24(34)40)9-8-16-10-18(6-7-19(16)25)32-20(35)11-31-23(38)39/h2-7,10,14,31H,8-9,11-13H2,1H3,(H,32,35)(H,38,39)/t14-,25?/m0/s1. The molecule has 1 fully saturated rings. The van der Waals surface area contributed by atoms with Crippen LogP contribution in [-0.4, -0.2) is 70.1 Å². The minimum atomic E-state index is -4.83. The smallest absolute Gasteiger partial charge is 0.418 e. The third kappa shape index (κ3) is 6.07. The molecule has 3 N–H and O–H groups in total. The molecule has 2 aromatic carbocycles. The Morgan fingerprint density at radius 3 is 2.46 bits per heavy atom. The molecule has 1 unspecified atom stereocenters. The number of aryl methyl sites for hydroxylation is 1. The fraction of sp³-hybridized carbons (Fsp3) is 0.346. The number of halogens is 4. The lowest BCUT2D eigenvalue weighted by molar-refractivity contribution is -0.187. The van der Waals surface area contributed by atoms with Crippen LogP contribution in [0.2, 0.25) is 0 Å². The predicted molar refractivity (Wildman–Crippen MR) is 132 cm³/mol. The quantitative estimate of drug-likeness (QED) is 0.407. The van der Waals surface area contributed by atoms with Gasteiger partial charge in [0, 0.05) is 24.2 Å². The summed E-state index contributed by atoms with van der Waals surface area (Å²) in [5.41, 5.74) is -0.475. The molecule has 0 bridgehead atoms. The van der Waals surface area contributed by atoms with E-state index in [-0.39, 0.29) is 18.4 Å². The molecule has 4 rings (SSSR count). The van der Waals surface area contributed by atoms with E-state index in [4.69, 9.17) is 9.84 Å². The number of hydrogen-bond acceptors (Lipinski definition) is 6. The van der Waals surface area contributed by atoms with E-state index >= 15 is 0 Å². The van der Waals surface area contributed by atoms with Gasteiger partial charge in [-0.05, 0) is 48.7 Å². The van der Waals surface area contributed by atoms with Gasteiger partial charge >= 0.3 is 18.4 Å². The minimum absolute atomic E-state index is 0.00614. The molecule has 1 aliphatic heterocycles. The third-order valence-electron chi connectivity index (χ3n) is 6.86. The summed E-state index contributed by atoms with van der Waals surface area (Å²) in [6, 6.07) is 6.59. The van der Waals surface area contributed by atoms with Crippen molar-refractivity contribution < 1.29 is 51.4 Å². The summed E-state index contributed by atoms with van der Waals surface area (Å²) in [5.74, 6) is -3.36. The second-order valence-corrected chi connectivity index (χ2v) is 9.53. The average molecular weight is 580 g/mol. The zero-order valence-corrected chi connectivity index (χ0v) is 21.5. The molecule has 0 radical (unpaired) electrons. The topological polar surface area (TPSA) is 145 Å². The Balaban J connectivity index is 1.52. The first-order valence-electron chi connectivity index (χ1n) is 12.3. The van der Waals surface area contributed by atoms with Crippen molar-refractivity contribution >= 4 is 35.6 Å². The van der Waals surface area contributed by atoms with E-state index in [1.807, 2.05) is 5.32 Å². The zero-order chi connectivity index (χ0) is 30.1. The number of ether oxygens (including phenoxy) is 1. The maximum atomic E-state index is 13.6. The Kier molecular flexibility index (Phi) is 7.90. The van der Waals surface area contributed by atoms with Gasteiger partial charge in [0.25, 0.3) is 5.91 Å². The van der Waals surface area contributed by atoms with Gasteiger partial charge in [0.05, 0.1) is 0 Å². The summed E-state index contributed by atoms with van der Waals surface area (Å²) in [4.78, 5) is 62.7. The first-order chi connectivity index (χ1) is 19.2. The highest BCUT2D eigenvalue weighted by atomic mass is 19.4. The summed E-state index contributed by atoms with van der Waals surface area (Å²) in [7, 11) is 0. The summed E-state index contributed by atoms with van der Waals surface area (Å²) in [6.45, 7) is -1.31. The van der Waals surface area contributed by atoms with E-state index in [9.17, 15) is 41.5 Å². The van der Waals surface area contributed by atoms with E-state index in [0.29, 0.717) is 26.6 Å². The number of nitrogens with zero attached hydrogens (tertiary/aromatic N) is 2. The van der Waals surface area contributed by atoms with Crippen LogP contribution in [0.1, 0.15) is 30.0 Å². The number of hydrogen-bond donors (Lipinski definition) is 3. The molecule has 41 heavy (non-hydrogen) atoms. The molecule has 1 saturated heterocycles. The summed E-state index contributed by atoms with van der Waals surface area (Å²) < 4.78 is 59.5. The van der Waals surface area contributed by atoms with Crippen LogP contribution in [0.15, 0.2) is 42.5 Å². The molecule has 218 valence electrons. The molecule has 2 atom stereocenters. The number of amides is 5. The number of anilines is 1. The lowest BCUT2D eigenvalue weighted by Gasteiger charge is -2.31. The molecule has 1 spiro atoms. The predicted octanol–water partition coefficient (Wildman–Crippen LogP) is 3.13. The average Bonchev–Trinajstić information content (AvgIpc) is 3.38. The number of carbonyl (C=O) groups excluding carboxylic acids is 4. The van der Waals surface area contributed by atoms with E-state index in [2.05, 4.69) is 5.32 Å². The van der Waals surface area contributed by atoms with Crippen LogP contribution in [0.4, 0.5) is 32.8 Å². The fourth-order valence-electron chi connectivity index (χ4n) is 4.72. The molecule has 5 amide bonds. The Morgan fingerprint density at radius 1 is 1.15 bits per heavy atom. The highest BCUT2D eigenvalue weighted by Gasteiger charge is 2.58. The van der Waals surface area contributed by atoms with E-state index in [1.165, 1.54) is 30.3 Å². The summed E-state index contributed by atoms with van der Waals surface area (Å²) in [6.07, 6.45) is -7.18. The van der Waals surface area contributed by atoms with Gasteiger partial charge in [-0.1, -0.05) is 18.2 Å². The second kappa shape index (κ2) is 11.1. The molecule has 11 nitrogen and oxygen atoms in total. The largest absolute Gasteiger partial charge is 0.465 e. The van der Waals surface area contributed by atoms with Gasteiger partial charge in [-0.15, -0.1) is 0 Å². The third-order valence-corrected chi connectivity index (χ3v) is 6.86. The van der Waals surface area contributed by atoms with Gasteiger partial charge in [0.1, 0.15) is 24.9 Å². The van der Waals surface area contributed by atoms with Crippen LogP contribution in [0.3, 0.4) is 0 Å². The van der Waals surface area contributed by atoms with Crippen molar-refractivity contribution in [2.45, 2.75) is 44.1 Å². The highest BCUT2D eigenvalue weighted by Crippen LogP contribution is 2.46. The van der Waals surface area contributed by atoms with Crippen LogP contribution < -0.4 is 10.6 Å². The van der Waals surface area contributed by atoms with Crippen molar-refractivity contribution in [3.8, 4) is 0 Å². The first-order valence-corrected chi connectivity index (χ1v) is 12.3. The first kappa shape index (κ1) is 29.3. The summed E-state index contributed by atoms with van der Waals surface area (Å²) >= 11 is 0. The van der Waals surface area contributed by atoms with E-state index in [1.54, 1.807) is 0 Å². The second-order valence-electron chi connectivity index (χ2n) is 9.53. The maximum Gasteiger partial charge on any atom is 0.418 e. The van der Waals surface area contributed by atoms with Crippen molar-refractivity contribution in [1.29, 1.82) is 0 Å². The van der Waals surface area contributed by atoms with Gasteiger partial charge in [-0.2, -0.15) is 13.2 Å². The van der Waals surface area contributed by atoms with Crippen LogP contribution in [0.5, 0.6) is 0 Å². The number of nitrogens with one attached hydrogen (secondary N) is 2. The van der Waals surface area contributed by atoms with Gasteiger partial charge in [0.2, 0.25) is 17.4 Å². The van der Waals surface area contributed by atoms with Gasteiger partial charge in [-0.25, -0.2) is 18.9 Å². The molecule has 1 aliphatic carbocycles. The maximum absolute atomic E-state index is 13.6. The van der Waals surface area contributed by atoms with Crippen molar-refractivity contribution in [1.82, 2.24) is 15.1 Å². The van der Waals surface area contributed by atoms with Crippen molar-refractivity contribution in [2.75, 3.05) is 18.4 Å². The zero-order valence-electron chi connectivity index (χ0n) is 21.5. The minimum Gasteiger partial charge on any atom is -0.465 e. The SMILES string of the molecule is C[C@H](N(Cc1ccc(F)cc1)C(=O)CN1C(=O)OC2(CCc3cc(NC(=O)CNC(=O)O)ccc32)C1=O)C(F)(F)F. The molecule has 0 aromatic heterocycles. The molecule has 2 aromatic rings. The lowest BCUT2D eigenvalue weighted by Crippen LogP contribution is -2.51. The highest BCUT2D eigenvalue weighted by molar-refractivity contribution is 6.06. The number of rotatable bonds is 8. The Morgan fingerprint density at radius 2 is 1.83 bits per heavy atom. The number of carbonyl (C=O) groups is 5. The fourth-order valence-corrected chi connectivity index (χ4v) is 4.72. The van der Waals surface area contributed by atoms with Crippen molar-refractivity contribution in [3.05, 3.63) is 65.0 Å². The Hall–Kier alpha value is -4.69. The van der Waals surface area contributed by atoms with Crippen LogP contribution in [-0.2, 0) is 37.7 Å². The number of imide groups is 1.